The molecule has 5 nitrogen and oxygen atoms in total. The smallest absolute Gasteiger partial charge is 0.282 e. The van der Waals surface area contributed by atoms with Gasteiger partial charge in [-0.25, -0.2) is 0 Å². The number of aryl methyl sites for hydroxylation is 1. The van der Waals surface area contributed by atoms with Gasteiger partial charge in [-0.3, -0.25) is 14.6 Å². The zero-order chi connectivity index (χ0) is 10.1. The van der Waals surface area contributed by atoms with Crippen LogP contribution in [-0.2, 0) is 11.8 Å². The molecule has 0 aliphatic carbocycles. The van der Waals surface area contributed by atoms with E-state index >= 15 is 0 Å². The van der Waals surface area contributed by atoms with Gasteiger partial charge in [0.05, 0.1) is 0 Å². The summed E-state index contributed by atoms with van der Waals surface area (Å²) in [5, 5.41) is 4.70. The highest BCUT2D eigenvalue weighted by atomic mass is 19.4. The summed E-state index contributed by atoms with van der Waals surface area (Å²) in [7, 11) is 1.44. The Morgan fingerprint density at radius 2 is 2.31 bits per heavy atom. The van der Waals surface area contributed by atoms with E-state index in [0.717, 1.165) is 10.9 Å². The lowest BCUT2D eigenvalue weighted by molar-refractivity contribution is -0.739. The zero-order valence-electron chi connectivity index (χ0n) is 6.42. The Morgan fingerprint density at radius 1 is 1.69 bits per heavy atom. The van der Waals surface area contributed by atoms with E-state index in [1.807, 2.05) is 0 Å². The largest absolute Gasteiger partial charge is 0.471 e. The first kappa shape index (κ1) is 9.49. The van der Waals surface area contributed by atoms with Gasteiger partial charge < -0.3 is 0 Å². The summed E-state index contributed by atoms with van der Waals surface area (Å²) in [6.07, 6.45) is -3.82. The molecule has 1 aromatic rings. The van der Waals surface area contributed by atoms with Crippen molar-refractivity contribution in [1.29, 1.82) is 0 Å². The molecule has 0 radical (unpaired) electrons. The molecule has 8 heteroatoms. The Hall–Kier alpha value is -1.60. The number of halogens is 3. The molecule has 0 aliphatic heterocycles. The van der Waals surface area contributed by atoms with Gasteiger partial charge in [0.25, 0.3) is 6.20 Å². The number of aromatic nitrogens is 2. The maximum atomic E-state index is 11.7. The fourth-order valence-corrected chi connectivity index (χ4v) is 0.563. The van der Waals surface area contributed by atoms with E-state index < -0.39 is 12.1 Å². The predicted molar refractivity (Wildman–Crippen MR) is 32.4 cm³/mol. The molecule has 0 aromatic carbocycles. The highest BCUT2D eigenvalue weighted by Gasteiger charge is 2.39. The molecule has 0 atom stereocenters. The van der Waals surface area contributed by atoms with Gasteiger partial charge in [0.2, 0.25) is 0 Å². The topological polar surface area (TPSA) is 59.0 Å². The summed E-state index contributed by atoms with van der Waals surface area (Å²) in [5.41, 5.74) is 0. The van der Waals surface area contributed by atoms with E-state index in [0.29, 0.717) is 0 Å². The molecular weight excluding hydrogens is 191 g/mol. The van der Waals surface area contributed by atoms with Crippen molar-refractivity contribution in [3.05, 3.63) is 6.20 Å². The number of anilines is 1. The Labute approximate surface area is 70.1 Å². The minimum Gasteiger partial charge on any atom is -0.282 e. The fraction of sp³-hybridized carbons (Fsp3) is 0.400. The first-order chi connectivity index (χ1) is 5.89. The van der Waals surface area contributed by atoms with Crippen LogP contribution in [-0.4, -0.2) is 17.4 Å². The Kier molecular flexibility index (Phi) is 2.22. The third kappa shape index (κ3) is 2.42. The van der Waals surface area contributed by atoms with Gasteiger partial charge in [0.15, 0.2) is 12.3 Å². The van der Waals surface area contributed by atoms with Crippen LogP contribution in [0.4, 0.5) is 19.1 Å². The molecule has 13 heavy (non-hydrogen) atoms. The van der Waals surface area contributed by atoms with Gasteiger partial charge >= 0.3 is 18.0 Å². The normalized spacial score (nSPS) is 11.4. The number of carbonyl (C=O) groups is 1. The van der Waals surface area contributed by atoms with Crippen LogP contribution in [0.25, 0.3) is 0 Å². The van der Waals surface area contributed by atoms with E-state index in [1.165, 1.54) is 12.4 Å². The highest BCUT2D eigenvalue weighted by Crippen LogP contribution is 2.16. The third-order valence-electron chi connectivity index (χ3n) is 1.07. The van der Waals surface area contributed by atoms with Crippen molar-refractivity contribution >= 4 is 11.8 Å². The van der Waals surface area contributed by atoms with Crippen LogP contribution in [0.3, 0.4) is 0 Å². The average molecular weight is 196 g/mol. The molecule has 0 bridgehead atoms. The van der Waals surface area contributed by atoms with E-state index in [1.54, 1.807) is 0 Å². The Balaban J connectivity index is 2.65. The SMILES string of the molecule is C[n+]1cc(NC(=O)C(F)(F)F)on1. The molecule has 1 aromatic heterocycles. The molecule has 1 rings (SSSR count). The van der Waals surface area contributed by atoms with E-state index in [9.17, 15) is 18.0 Å². The first-order valence-corrected chi connectivity index (χ1v) is 3.10. The summed E-state index contributed by atoms with van der Waals surface area (Å²) < 4.78 is 40.4. The Morgan fingerprint density at radius 3 is 2.69 bits per heavy atom. The second-order valence-corrected chi connectivity index (χ2v) is 2.19. The van der Waals surface area contributed by atoms with Crippen LogP contribution in [0.5, 0.6) is 0 Å². The second kappa shape index (κ2) is 3.04. The van der Waals surface area contributed by atoms with Crippen molar-refractivity contribution < 1.29 is 27.2 Å². The number of hydrogen-bond donors (Lipinski definition) is 1. The van der Waals surface area contributed by atoms with Crippen LogP contribution in [0.15, 0.2) is 10.7 Å². The van der Waals surface area contributed by atoms with Gasteiger partial charge in [-0.1, -0.05) is 4.68 Å². The number of hydrogen-bond acceptors (Lipinski definition) is 3. The summed E-state index contributed by atoms with van der Waals surface area (Å²) in [6, 6.07) is 0. The summed E-state index contributed by atoms with van der Waals surface area (Å²) in [5.74, 6) is -2.45. The third-order valence-corrected chi connectivity index (χ3v) is 1.07. The number of nitrogens with one attached hydrogen (secondary N) is 1. The van der Waals surface area contributed by atoms with Crippen molar-refractivity contribution in [2.24, 2.45) is 7.05 Å². The maximum Gasteiger partial charge on any atom is 0.471 e. The van der Waals surface area contributed by atoms with Crippen LogP contribution in [0.1, 0.15) is 0 Å². The number of alkyl halides is 3. The van der Waals surface area contributed by atoms with Crippen LogP contribution in [0, 0.1) is 0 Å². The lowest BCUT2D eigenvalue weighted by Crippen LogP contribution is -2.31. The molecule has 0 aliphatic rings. The lowest BCUT2D eigenvalue weighted by Gasteiger charge is -2.02. The van der Waals surface area contributed by atoms with Crippen LogP contribution < -0.4 is 10.00 Å². The monoisotopic (exact) mass is 196 g/mol. The predicted octanol–water partition coefficient (Wildman–Crippen LogP) is -0.000100. The maximum absolute atomic E-state index is 11.7. The number of nitrogens with zero attached hydrogens (tertiary/aromatic N) is 2. The van der Waals surface area contributed by atoms with Crippen LogP contribution >= 0.6 is 0 Å². The molecule has 1 N–H and O–H groups in total. The van der Waals surface area contributed by atoms with Crippen molar-refractivity contribution in [3.63, 3.8) is 0 Å². The molecule has 0 unspecified atom stereocenters. The van der Waals surface area contributed by atoms with Crippen LogP contribution in [0.2, 0.25) is 0 Å². The van der Waals surface area contributed by atoms with E-state index in [2.05, 4.69) is 9.79 Å². The van der Waals surface area contributed by atoms with Gasteiger partial charge in [0, 0.05) is 0 Å². The van der Waals surface area contributed by atoms with Gasteiger partial charge in [0.1, 0.15) is 0 Å². The summed E-state index contributed by atoms with van der Waals surface area (Å²) in [4.78, 5) is 10.3. The minimum atomic E-state index is -4.93. The second-order valence-electron chi connectivity index (χ2n) is 2.19. The van der Waals surface area contributed by atoms with Gasteiger partial charge in [-0.2, -0.15) is 13.2 Å². The van der Waals surface area contributed by atoms with E-state index in [4.69, 9.17) is 0 Å². The molecule has 0 spiro atoms. The minimum absolute atomic E-state index is 0.357. The molecule has 0 saturated carbocycles. The van der Waals surface area contributed by atoms with Crippen molar-refractivity contribution in [1.82, 2.24) is 5.27 Å². The summed E-state index contributed by atoms with van der Waals surface area (Å²) >= 11 is 0. The average Bonchev–Trinajstić information content (AvgIpc) is 2.33. The Bertz CT molecular complexity index is 319. The highest BCUT2D eigenvalue weighted by molar-refractivity contribution is 5.93. The molecule has 0 saturated heterocycles. The quantitative estimate of drug-likeness (QED) is 0.643. The van der Waals surface area contributed by atoms with E-state index in [-0.39, 0.29) is 5.88 Å². The number of amides is 1. The van der Waals surface area contributed by atoms with Crippen molar-refractivity contribution in [2.75, 3.05) is 5.32 Å². The standard InChI is InChI=1S/C5H4F3N3O2/c1-11-2-3(13-10-11)9-4(12)5(6,7)8/h2H,1H3/p+1. The van der Waals surface area contributed by atoms with Gasteiger partial charge in [-0.15, -0.1) is 0 Å². The zero-order valence-corrected chi connectivity index (χ0v) is 6.42. The molecule has 1 amide bonds. The van der Waals surface area contributed by atoms with Crippen molar-refractivity contribution in [3.8, 4) is 0 Å². The molecule has 72 valence electrons. The molecular formula is C5H5F3N3O2+. The fourth-order valence-electron chi connectivity index (χ4n) is 0.563. The number of rotatable bonds is 1. The summed E-state index contributed by atoms with van der Waals surface area (Å²) in [6.45, 7) is 0. The first-order valence-electron chi connectivity index (χ1n) is 3.10. The molecule has 1 heterocycles. The lowest BCUT2D eigenvalue weighted by atomic mass is 10.6. The van der Waals surface area contributed by atoms with Crippen molar-refractivity contribution in [2.45, 2.75) is 6.18 Å². The number of carbonyl (C=O) groups excluding carboxylic acids is 1. The molecule has 0 fully saturated rings. The van der Waals surface area contributed by atoms with Gasteiger partial charge in [-0.05, 0) is 0 Å².